The van der Waals surface area contributed by atoms with Crippen molar-refractivity contribution in [2.24, 2.45) is 0 Å². The van der Waals surface area contributed by atoms with Crippen LogP contribution in [-0.2, 0) is 28.8 Å². The molecule has 2 heterocycles. The van der Waals surface area contributed by atoms with Gasteiger partial charge >= 0.3 is 18.2 Å². The monoisotopic (exact) mass is 401 g/mol. The average molecular weight is 401 g/mol. The Hall–Kier alpha value is -3.11. The molecule has 1 amide bonds. The van der Waals surface area contributed by atoms with Crippen molar-refractivity contribution in [2.75, 3.05) is 6.54 Å². The number of aromatic nitrogens is 2. The Morgan fingerprint density at radius 2 is 2.00 bits per heavy atom. The fourth-order valence-corrected chi connectivity index (χ4v) is 3.11. The molecular weight excluding hydrogens is 386 g/mol. The lowest BCUT2D eigenvalue weighted by atomic mass is 9.99. The van der Waals surface area contributed by atoms with Crippen LogP contribution in [0.15, 0.2) is 24.4 Å². The molecule has 1 N–H and O–H groups in total. The van der Waals surface area contributed by atoms with Crippen LogP contribution >= 0.6 is 0 Å². The Balaban J connectivity index is 2.10. The highest BCUT2D eigenvalue weighted by Gasteiger charge is 2.38. The van der Waals surface area contributed by atoms with E-state index in [4.69, 9.17) is 9.84 Å². The average Bonchev–Trinajstić information content (AvgIpc) is 3.01. The normalized spacial score (nSPS) is 15.1. The highest BCUT2D eigenvalue weighted by atomic mass is 19.4. The molecule has 0 saturated carbocycles. The molecule has 1 aromatic heterocycles. The van der Waals surface area contributed by atoms with Gasteiger partial charge in [-0.15, -0.1) is 0 Å². The largest absolute Gasteiger partial charge is 0.465 e. The van der Waals surface area contributed by atoms with E-state index in [1.165, 1.54) is 10.8 Å². The first-order valence-corrected chi connectivity index (χ1v) is 8.14. The molecule has 11 heteroatoms. The smallest absolute Gasteiger partial charge is 0.416 e. The molecule has 0 spiro atoms. The minimum atomic E-state index is -4.87. The SMILES string of the molecule is CC(=O)OC(c1ccc(F)cc1C(F)(F)F)c1cnc2n1CCN(C(=O)O)C2. The number of hydrogen-bond donors (Lipinski definition) is 1. The molecule has 1 aliphatic rings. The molecule has 1 aliphatic heterocycles. The zero-order valence-electron chi connectivity index (χ0n) is 14.5. The van der Waals surface area contributed by atoms with Gasteiger partial charge in [0.15, 0.2) is 6.10 Å². The van der Waals surface area contributed by atoms with Gasteiger partial charge in [-0.3, -0.25) is 9.69 Å². The van der Waals surface area contributed by atoms with Crippen molar-refractivity contribution in [1.82, 2.24) is 14.5 Å². The predicted octanol–water partition coefficient (Wildman–Crippen LogP) is 3.19. The summed E-state index contributed by atoms with van der Waals surface area (Å²) in [5, 5.41) is 9.09. The maximum absolute atomic E-state index is 13.5. The van der Waals surface area contributed by atoms with Gasteiger partial charge in [0.2, 0.25) is 0 Å². The van der Waals surface area contributed by atoms with Crippen molar-refractivity contribution in [1.29, 1.82) is 0 Å². The molecular formula is C17H15F4N3O4. The maximum atomic E-state index is 13.5. The fraction of sp³-hybridized carbons (Fsp3) is 0.353. The van der Waals surface area contributed by atoms with E-state index < -0.39 is 41.3 Å². The zero-order chi connectivity index (χ0) is 20.6. The highest BCUT2D eigenvalue weighted by molar-refractivity contribution is 5.67. The minimum Gasteiger partial charge on any atom is -0.465 e. The van der Waals surface area contributed by atoms with E-state index in [1.54, 1.807) is 0 Å². The third kappa shape index (κ3) is 3.78. The summed E-state index contributed by atoms with van der Waals surface area (Å²) in [5.41, 5.74) is -1.56. The summed E-state index contributed by atoms with van der Waals surface area (Å²) in [5.74, 6) is -1.61. The van der Waals surface area contributed by atoms with E-state index in [0.29, 0.717) is 11.9 Å². The fourth-order valence-electron chi connectivity index (χ4n) is 3.11. The molecule has 1 aromatic carbocycles. The number of halogens is 4. The van der Waals surface area contributed by atoms with Crippen LogP contribution in [0.1, 0.15) is 35.7 Å². The number of hydrogen-bond acceptors (Lipinski definition) is 4. The Kier molecular flexibility index (Phi) is 5.01. The van der Waals surface area contributed by atoms with Gasteiger partial charge < -0.3 is 14.4 Å². The summed E-state index contributed by atoms with van der Waals surface area (Å²) >= 11 is 0. The molecule has 3 rings (SSSR count). The first-order chi connectivity index (χ1) is 13.1. The van der Waals surface area contributed by atoms with Gasteiger partial charge in [0, 0.05) is 25.6 Å². The van der Waals surface area contributed by atoms with Crippen molar-refractivity contribution in [3.05, 3.63) is 52.9 Å². The topological polar surface area (TPSA) is 84.7 Å². The lowest BCUT2D eigenvalue weighted by Gasteiger charge is -2.28. The maximum Gasteiger partial charge on any atom is 0.416 e. The molecule has 0 saturated heterocycles. The number of alkyl halides is 3. The van der Waals surface area contributed by atoms with Crippen molar-refractivity contribution in [3.63, 3.8) is 0 Å². The van der Waals surface area contributed by atoms with Crippen LogP contribution < -0.4 is 0 Å². The molecule has 2 aromatic rings. The molecule has 150 valence electrons. The van der Waals surface area contributed by atoms with Crippen molar-refractivity contribution in [2.45, 2.75) is 32.3 Å². The first kappa shape index (κ1) is 19.6. The number of carboxylic acid groups (broad SMARTS) is 1. The van der Waals surface area contributed by atoms with E-state index >= 15 is 0 Å². The highest BCUT2D eigenvalue weighted by Crippen LogP contribution is 2.39. The van der Waals surface area contributed by atoms with Gasteiger partial charge in [-0.1, -0.05) is 6.07 Å². The number of rotatable bonds is 3. The number of ether oxygens (including phenoxy) is 1. The molecule has 1 atom stereocenters. The first-order valence-electron chi connectivity index (χ1n) is 8.14. The summed E-state index contributed by atoms with van der Waals surface area (Å²) < 4.78 is 60.4. The molecule has 1 unspecified atom stereocenters. The van der Waals surface area contributed by atoms with Gasteiger partial charge in [0.1, 0.15) is 11.6 Å². The second-order valence-electron chi connectivity index (χ2n) is 6.17. The van der Waals surface area contributed by atoms with E-state index in [9.17, 15) is 27.2 Å². The Labute approximate surface area is 156 Å². The van der Waals surface area contributed by atoms with Crippen LogP contribution in [0, 0.1) is 5.82 Å². The standard InChI is InChI=1S/C17H15F4N3O4/c1-9(25)28-15(11-3-2-10(18)6-12(11)17(19,20)21)13-7-22-14-8-23(16(26)27)4-5-24(13)14/h2-3,6-7,15H,4-5,8H2,1H3,(H,26,27). The summed E-state index contributed by atoms with van der Waals surface area (Å²) in [4.78, 5) is 27.9. The van der Waals surface area contributed by atoms with Crippen LogP contribution in [0.3, 0.4) is 0 Å². The number of fused-ring (bicyclic) bond motifs is 1. The third-order valence-electron chi connectivity index (χ3n) is 4.32. The summed E-state index contributed by atoms with van der Waals surface area (Å²) in [7, 11) is 0. The van der Waals surface area contributed by atoms with Gasteiger partial charge in [-0.25, -0.2) is 14.2 Å². The van der Waals surface area contributed by atoms with Crippen LogP contribution in [0.2, 0.25) is 0 Å². The van der Waals surface area contributed by atoms with E-state index in [1.807, 2.05) is 0 Å². The molecule has 0 aliphatic carbocycles. The second-order valence-corrected chi connectivity index (χ2v) is 6.17. The van der Waals surface area contributed by atoms with Crippen LogP contribution in [0.25, 0.3) is 0 Å². The zero-order valence-corrected chi connectivity index (χ0v) is 14.5. The molecule has 28 heavy (non-hydrogen) atoms. The third-order valence-corrected chi connectivity index (χ3v) is 4.32. The van der Waals surface area contributed by atoms with Crippen molar-refractivity contribution >= 4 is 12.1 Å². The quantitative estimate of drug-likeness (QED) is 0.631. The number of benzene rings is 1. The lowest BCUT2D eigenvalue weighted by molar-refractivity contribution is -0.148. The molecule has 0 bridgehead atoms. The van der Waals surface area contributed by atoms with Crippen LogP contribution in [-0.4, -0.2) is 38.2 Å². The number of amides is 1. The number of carbonyl (C=O) groups excluding carboxylic acids is 1. The number of esters is 1. The van der Waals surface area contributed by atoms with Gasteiger partial charge in [0.05, 0.1) is 24.0 Å². The lowest BCUT2D eigenvalue weighted by Crippen LogP contribution is -2.38. The Bertz CT molecular complexity index is 926. The van der Waals surface area contributed by atoms with E-state index in [0.717, 1.165) is 24.0 Å². The van der Waals surface area contributed by atoms with E-state index in [2.05, 4.69) is 4.98 Å². The number of nitrogens with zero attached hydrogens (tertiary/aromatic N) is 3. The summed E-state index contributed by atoms with van der Waals surface area (Å²) in [6.07, 6.45) is -6.27. The molecule has 0 radical (unpaired) electrons. The van der Waals surface area contributed by atoms with Gasteiger partial charge in [-0.2, -0.15) is 13.2 Å². The van der Waals surface area contributed by atoms with Crippen LogP contribution in [0.5, 0.6) is 0 Å². The van der Waals surface area contributed by atoms with Gasteiger partial charge in [0.25, 0.3) is 0 Å². The second kappa shape index (κ2) is 7.13. The molecule has 7 nitrogen and oxygen atoms in total. The predicted molar refractivity (Wildman–Crippen MR) is 85.7 cm³/mol. The Morgan fingerprint density at radius 3 is 2.61 bits per heavy atom. The molecule has 0 fully saturated rings. The summed E-state index contributed by atoms with van der Waals surface area (Å²) in [6.45, 7) is 1.20. The summed E-state index contributed by atoms with van der Waals surface area (Å²) in [6, 6.07) is 2.10. The van der Waals surface area contributed by atoms with Crippen LogP contribution in [0.4, 0.5) is 22.4 Å². The van der Waals surface area contributed by atoms with Crippen molar-refractivity contribution in [3.8, 4) is 0 Å². The number of imidazole rings is 1. The van der Waals surface area contributed by atoms with Crippen molar-refractivity contribution < 1.29 is 37.0 Å². The van der Waals surface area contributed by atoms with E-state index in [-0.39, 0.29) is 25.3 Å². The minimum absolute atomic E-state index is 0.0579. The van der Waals surface area contributed by atoms with Gasteiger partial charge in [-0.05, 0) is 12.1 Å². The Morgan fingerprint density at radius 1 is 1.29 bits per heavy atom. The number of carbonyl (C=O) groups is 2.